The van der Waals surface area contributed by atoms with Crippen LogP contribution in [-0.2, 0) is 6.42 Å². The normalized spacial score (nSPS) is 10.9. The average Bonchev–Trinajstić information content (AvgIpc) is 2.57. The zero-order valence-corrected chi connectivity index (χ0v) is 15.8. The van der Waals surface area contributed by atoms with Crippen LogP contribution in [0.15, 0.2) is 30.3 Å². The number of benzene rings is 2. The van der Waals surface area contributed by atoms with E-state index >= 15 is 0 Å². The Balaban J connectivity index is 2.06. The van der Waals surface area contributed by atoms with Crippen LogP contribution in [0.25, 0.3) is 10.8 Å². The van der Waals surface area contributed by atoms with Crippen LogP contribution >= 0.6 is 15.9 Å². The minimum Gasteiger partial charge on any atom is -0.494 e. The molecule has 0 bridgehead atoms. The number of hydrogen-bond donors (Lipinski definition) is 0. The van der Waals surface area contributed by atoms with Crippen LogP contribution < -0.4 is 9.47 Å². The molecule has 0 heterocycles. The minimum atomic E-state index is 0.697. The SMILES string of the molecule is CCOc1ccc2c(CC)c(OCCCCCCBr)ccc2c1. The number of fused-ring (bicyclic) bond motifs is 1. The second-order valence-corrected chi connectivity index (χ2v) is 6.46. The fourth-order valence-corrected chi connectivity index (χ4v) is 3.24. The van der Waals surface area contributed by atoms with E-state index in [9.17, 15) is 0 Å². The number of unbranched alkanes of at least 4 members (excludes halogenated alkanes) is 3. The Kier molecular flexibility index (Phi) is 7.73. The van der Waals surface area contributed by atoms with Crippen molar-refractivity contribution in [1.82, 2.24) is 0 Å². The molecule has 2 aromatic carbocycles. The van der Waals surface area contributed by atoms with E-state index in [1.54, 1.807) is 0 Å². The fraction of sp³-hybridized carbons (Fsp3) is 0.500. The van der Waals surface area contributed by atoms with E-state index in [2.05, 4.69) is 53.2 Å². The Hall–Kier alpha value is -1.22. The van der Waals surface area contributed by atoms with E-state index in [1.165, 1.54) is 35.6 Å². The maximum Gasteiger partial charge on any atom is 0.123 e. The predicted octanol–water partition coefficient (Wildman–Crippen LogP) is 6.14. The summed E-state index contributed by atoms with van der Waals surface area (Å²) in [6.07, 6.45) is 5.85. The van der Waals surface area contributed by atoms with Crippen molar-refractivity contribution in [3.8, 4) is 11.5 Å². The van der Waals surface area contributed by atoms with Crippen molar-refractivity contribution in [3.05, 3.63) is 35.9 Å². The smallest absolute Gasteiger partial charge is 0.123 e. The van der Waals surface area contributed by atoms with Crippen LogP contribution in [0.2, 0.25) is 0 Å². The largest absolute Gasteiger partial charge is 0.494 e. The summed E-state index contributed by atoms with van der Waals surface area (Å²) in [5, 5.41) is 3.59. The minimum absolute atomic E-state index is 0.697. The molecule has 0 spiro atoms. The van der Waals surface area contributed by atoms with Crippen molar-refractivity contribution in [2.45, 2.75) is 46.0 Å². The van der Waals surface area contributed by atoms with Crippen LogP contribution in [0.5, 0.6) is 11.5 Å². The predicted molar refractivity (Wildman–Crippen MR) is 102 cm³/mol. The molecular formula is C20H27BrO2. The summed E-state index contributed by atoms with van der Waals surface area (Å²) < 4.78 is 11.6. The lowest BCUT2D eigenvalue weighted by Gasteiger charge is -2.14. The Morgan fingerprint density at radius 1 is 0.913 bits per heavy atom. The zero-order valence-electron chi connectivity index (χ0n) is 14.2. The van der Waals surface area contributed by atoms with Crippen LogP contribution in [0.3, 0.4) is 0 Å². The third-order valence-corrected chi connectivity index (χ3v) is 4.57. The number of alkyl halides is 1. The maximum atomic E-state index is 6.05. The molecule has 0 atom stereocenters. The lowest BCUT2D eigenvalue weighted by Crippen LogP contribution is -2.01. The first-order chi connectivity index (χ1) is 11.3. The maximum absolute atomic E-state index is 6.05. The molecule has 0 saturated heterocycles. The van der Waals surface area contributed by atoms with Gasteiger partial charge in [0, 0.05) is 10.9 Å². The highest BCUT2D eigenvalue weighted by Crippen LogP contribution is 2.31. The van der Waals surface area contributed by atoms with Gasteiger partial charge in [0.1, 0.15) is 11.5 Å². The van der Waals surface area contributed by atoms with Gasteiger partial charge < -0.3 is 9.47 Å². The topological polar surface area (TPSA) is 18.5 Å². The molecule has 0 amide bonds. The summed E-state index contributed by atoms with van der Waals surface area (Å²) in [6.45, 7) is 5.70. The van der Waals surface area contributed by atoms with Crippen molar-refractivity contribution in [2.24, 2.45) is 0 Å². The molecule has 0 aliphatic rings. The van der Waals surface area contributed by atoms with E-state index < -0.39 is 0 Å². The van der Waals surface area contributed by atoms with Gasteiger partial charge in [-0.15, -0.1) is 0 Å². The molecule has 3 heteroatoms. The Bertz CT molecular complexity index is 610. The van der Waals surface area contributed by atoms with Crippen molar-refractivity contribution >= 4 is 26.7 Å². The van der Waals surface area contributed by atoms with Crippen LogP contribution in [0.4, 0.5) is 0 Å². The molecule has 0 aliphatic heterocycles. The van der Waals surface area contributed by atoms with Gasteiger partial charge in [-0.2, -0.15) is 0 Å². The molecule has 23 heavy (non-hydrogen) atoms. The number of rotatable bonds is 10. The lowest BCUT2D eigenvalue weighted by atomic mass is 10.0. The van der Waals surface area contributed by atoms with Gasteiger partial charge >= 0.3 is 0 Å². The Labute approximate surface area is 148 Å². The summed E-state index contributed by atoms with van der Waals surface area (Å²) in [6, 6.07) is 10.6. The first kappa shape index (κ1) is 18.1. The quantitative estimate of drug-likeness (QED) is 0.365. The van der Waals surface area contributed by atoms with E-state index in [1.807, 2.05) is 6.92 Å². The summed E-state index contributed by atoms with van der Waals surface area (Å²) in [5.41, 5.74) is 1.30. The number of hydrogen-bond acceptors (Lipinski definition) is 2. The van der Waals surface area contributed by atoms with Crippen molar-refractivity contribution in [3.63, 3.8) is 0 Å². The zero-order chi connectivity index (χ0) is 16.5. The van der Waals surface area contributed by atoms with Gasteiger partial charge in [0.05, 0.1) is 13.2 Å². The molecule has 2 aromatic rings. The third kappa shape index (κ3) is 5.13. The highest BCUT2D eigenvalue weighted by molar-refractivity contribution is 9.09. The lowest BCUT2D eigenvalue weighted by molar-refractivity contribution is 0.303. The molecule has 126 valence electrons. The first-order valence-electron chi connectivity index (χ1n) is 8.67. The van der Waals surface area contributed by atoms with Gasteiger partial charge in [-0.05, 0) is 55.2 Å². The Morgan fingerprint density at radius 3 is 2.48 bits per heavy atom. The van der Waals surface area contributed by atoms with Gasteiger partial charge in [0.15, 0.2) is 0 Å². The monoisotopic (exact) mass is 378 g/mol. The van der Waals surface area contributed by atoms with Gasteiger partial charge in [0.25, 0.3) is 0 Å². The van der Waals surface area contributed by atoms with Crippen molar-refractivity contribution < 1.29 is 9.47 Å². The highest BCUT2D eigenvalue weighted by Gasteiger charge is 2.08. The van der Waals surface area contributed by atoms with E-state index in [-0.39, 0.29) is 0 Å². The number of halogens is 1. The van der Waals surface area contributed by atoms with E-state index in [4.69, 9.17) is 9.47 Å². The standard InChI is InChI=1S/C20H27BrO2/c1-3-18-19-11-10-17(22-4-2)15-16(19)9-12-20(18)23-14-8-6-5-7-13-21/h9-12,15H,3-8,13-14H2,1-2H3. The molecule has 0 unspecified atom stereocenters. The van der Waals surface area contributed by atoms with Gasteiger partial charge in [-0.3, -0.25) is 0 Å². The summed E-state index contributed by atoms with van der Waals surface area (Å²) in [4.78, 5) is 0. The number of aryl methyl sites for hydroxylation is 1. The second-order valence-electron chi connectivity index (χ2n) is 5.66. The van der Waals surface area contributed by atoms with Crippen molar-refractivity contribution in [2.75, 3.05) is 18.5 Å². The highest BCUT2D eigenvalue weighted by atomic mass is 79.9. The molecule has 0 fully saturated rings. The molecule has 0 aromatic heterocycles. The van der Waals surface area contributed by atoms with Crippen LogP contribution in [0, 0.1) is 0 Å². The number of ether oxygens (including phenoxy) is 2. The summed E-state index contributed by atoms with van der Waals surface area (Å²) in [5.74, 6) is 1.96. The van der Waals surface area contributed by atoms with E-state index in [0.29, 0.717) is 6.61 Å². The van der Waals surface area contributed by atoms with Crippen LogP contribution in [-0.4, -0.2) is 18.5 Å². The van der Waals surface area contributed by atoms with Gasteiger partial charge in [0.2, 0.25) is 0 Å². The summed E-state index contributed by atoms with van der Waals surface area (Å²) in [7, 11) is 0. The molecular weight excluding hydrogens is 352 g/mol. The van der Waals surface area contributed by atoms with Crippen molar-refractivity contribution in [1.29, 1.82) is 0 Å². The Morgan fingerprint density at radius 2 is 1.74 bits per heavy atom. The molecule has 2 nitrogen and oxygen atoms in total. The van der Waals surface area contributed by atoms with E-state index in [0.717, 1.165) is 36.3 Å². The average molecular weight is 379 g/mol. The molecule has 0 aliphatic carbocycles. The summed E-state index contributed by atoms with van der Waals surface area (Å²) >= 11 is 3.47. The van der Waals surface area contributed by atoms with Gasteiger partial charge in [-0.1, -0.05) is 47.8 Å². The van der Waals surface area contributed by atoms with Crippen LogP contribution in [0.1, 0.15) is 45.1 Å². The fourth-order valence-electron chi connectivity index (χ4n) is 2.84. The first-order valence-corrected chi connectivity index (χ1v) is 9.79. The molecule has 2 rings (SSSR count). The molecule has 0 saturated carbocycles. The second kappa shape index (κ2) is 9.82. The van der Waals surface area contributed by atoms with Gasteiger partial charge in [-0.25, -0.2) is 0 Å². The third-order valence-electron chi connectivity index (χ3n) is 4.01. The molecule has 0 radical (unpaired) electrons. The molecule has 0 N–H and O–H groups in total.